The summed E-state index contributed by atoms with van der Waals surface area (Å²) in [6, 6.07) is 19.2. The first kappa shape index (κ1) is 20.4. The second kappa shape index (κ2) is 10.3. The van der Waals surface area contributed by atoms with Gasteiger partial charge < -0.3 is 15.0 Å². The number of para-hydroxylation sites is 1. The Morgan fingerprint density at radius 1 is 0.897 bits per heavy atom. The van der Waals surface area contributed by atoms with Crippen molar-refractivity contribution in [3.05, 3.63) is 78.6 Å². The number of anilines is 2. The highest BCUT2D eigenvalue weighted by atomic mass is 16.5. The maximum atomic E-state index is 12.8. The summed E-state index contributed by atoms with van der Waals surface area (Å²) in [5.74, 6) is 1.59. The molecule has 3 rings (SSSR count). The molecule has 2 aromatic carbocycles. The number of rotatable bonds is 9. The Hall–Kier alpha value is -3.34. The third-order valence-electron chi connectivity index (χ3n) is 4.38. The second-order valence-electron chi connectivity index (χ2n) is 6.82. The van der Waals surface area contributed by atoms with E-state index >= 15 is 0 Å². The van der Waals surface area contributed by atoms with E-state index in [4.69, 9.17) is 4.74 Å². The fourth-order valence-electron chi connectivity index (χ4n) is 3.06. The first-order valence-corrected chi connectivity index (χ1v) is 10.0. The molecule has 150 valence electrons. The largest absolute Gasteiger partial charge is 0.457 e. The summed E-state index contributed by atoms with van der Waals surface area (Å²) in [4.78, 5) is 18.9. The van der Waals surface area contributed by atoms with E-state index in [1.807, 2.05) is 65.6 Å². The first-order chi connectivity index (χ1) is 14.2. The van der Waals surface area contributed by atoms with Gasteiger partial charge in [-0.05, 0) is 55.3 Å². The van der Waals surface area contributed by atoms with Gasteiger partial charge in [0.05, 0.1) is 17.4 Å². The van der Waals surface area contributed by atoms with Gasteiger partial charge in [-0.3, -0.25) is 9.78 Å². The Morgan fingerprint density at radius 2 is 1.55 bits per heavy atom. The lowest BCUT2D eigenvalue weighted by atomic mass is 10.2. The zero-order valence-electron chi connectivity index (χ0n) is 17.0. The van der Waals surface area contributed by atoms with Crippen molar-refractivity contribution in [2.75, 3.05) is 18.4 Å². The van der Waals surface area contributed by atoms with Crippen molar-refractivity contribution in [2.24, 2.45) is 0 Å². The Kier molecular flexibility index (Phi) is 7.22. The van der Waals surface area contributed by atoms with E-state index in [1.54, 1.807) is 12.4 Å². The summed E-state index contributed by atoms with van der Waals surface area (Å²) in [5.41, 5.74) is 2.28. The zero-order chi connectivity index (χ0) is 20.5. The highest BCUT2D eigenvalue weighted by molar-refractivity contribution is 5.95. The summed E-state index contributed by atoms with van der Waals surface area (Å²) in [7, 11) is 0. The molecular formula is C24H27N3O2. The number of benzene rings is 2. The summed E-state index contributed by atoms with van der Waals surface area (Å²) in [6.07, 6.45) is 5.22. The van der Waals surface area contributed by atoms with Crippen LogP contribution < -0.4 is 10.1 Å². The smallest absolute Gasteiger partial charge is 0.255 e. The number of hydrogen-bond donors (Lipinski definition) is 1. The van der Waals surface area contributed by atoms with E-state index in [2.05, 4.69) is 24.1 Å². The van der Waals surface area contributed by atoms with Crippen LogP contribution in [0, 0.1) is 0 Å². The highest BCUT2D eigenvalue weighted by Gasteiger charge is 2.15. The van der Waals surface area contributed by atoms with Gasteiger partial charge in [-0.1, -0.05) is 32.0 Å². The normalized spacial score (nSPS) is 10.4. The number of amides is 1. The van der Waals surface area contributed by atoms with Crippen LogP contribution in [-0.4, -0.2) is 28.9 Å². The van der Waals surface area contributed by atoms with Crippen molar-refractivity contribution < 1.29 is 9.53 Å². The third-order valence-corrected chi connectivity index (χ3v) is 4.38. The third kappa shape index (κ3) is 5.82. The Balaban J connectivity index is 1.67. The van der Waals surface area contributed by atoms with Crippen molar-refractivity contribution in [1.29, 1.82) is 0 Å². The number of pyridine rings is 1. The van der Waals surface area contributed by atoms with Crippen LogP contribution in [-0.2, 0) is 0 Å². The van der Waals surface area contributed by atoms with Crippen molar-refractivity contribution in [3.8, 4) is 11.5 Å². The van der Waals surface area contributed by atoms with Crippen molar-refractivity contribution >= 4 is 17.3 Å². The van der Waals surface area contributed by atoms with E-state index in [0.29, 0.717) is 5.56 Å². The summed E-state index contributed by atoms with van der Waals surface area (Å²) >= 11 is 0. The molecule has 1 N–H and O–H groups in total. The molecule has 0 aliphatic heterocycles. The minimum Gasteiger partial charge on any atom is -0.457 e. The molecule has 3 aromatic rings. The molecule has 5 nitrogen and oxygen atoms in total. The molecule has 1 amide bonds. The number of ether oxygens (including phenoxy) is 1. The standard InChI is InChI=1S/C24H27N3O2/c1-3-14-27(15-4-2)24(28)19-16-21(18-25-17-19)26-20-10-12-23(13-11-20)29-22-8-6-5-7-9-22/h5-13,16-18,26H,3-4,14-15H2,1-2H3. The minimum absolute atomic E-state index is 0.0245. The molecule has 5 heteroatoms. The zero-order valence-corrected chi connectivity index (χ0v) is 17.0. The average molecular weight is 389 g/mol. The van der Waals surface area contributed by atoms with Crippen LogP contribution >= 0.6 is 0 Å². The molecule has 0 saturated carbocycles. The monoisotopic (exact) mass is 389 g/mol. The van der Waals surface area contributed by atoms with Crippen LogP contribution in [0.3, 0.4) is 0 Å². The number of nitrogens with one attached hydrogen (secondary N) is 1. The molecule has 29 heavy (non-hydrogen) atoms. The van der Waals surface area contributed by atoms with Gasteiger partial charge in [0.2, 0.25) is 0 Å². The van der Waals surface area contributed by atoms with Gasteiger partial charge in [0, 0.05) is 25.0 Å². The molecule has 0 atom stereocenters. The fourth-order valence-corrected chi connectivity index (χ4v) is 3.06. The maximum absolute atomic E-state index is 12.8. The average Bonchev–Trinajstić information content (AvgIpc) is 2.75. The molecule has 0 aliphatic rings. The minimum atomic E-state index is 0.0245. The lowest BCUT2D eigenvalue weighted by Gasteiger charge is -2.21. The van der Waals surface area contributed by atoms with Gasteiger partial charge in [-0.2, -0.15) is 0 Å². The highest BCUT2D eigenvalue weighted by Crippen LogP contribution is 2.24. The van der Waals surface area contributed by atoms with Crippen LogP contribution in [0.1, 0.15) is 37.0 Å². The molecule has 0 fully saturated rings. The maximum Gasteiger partial charge on any atom is 0.255 e. The molecule has 1 heterocycles. The van der Waals surface area contributed by atoms with Crippen molar-refractivity contribution in [3.63, 3.8) is 0 Å². The molecule has 0 aliphatic carbocycles. The van der Waals surface area contributed by atoms with E-state index in [1.165, 1.54) is 0 Å². The summed E-state index contributed by atoms with van der Waals surface area (Å²) < 4.78 is 5.82. The van der Waals surface area contributed by atoms with Crippen LogP contribution in [0.2, 0.25) is 0 Å². The molecule has 0 saturated heterocycles. The van der Waals surface area contributed by atoms with E-state index in [0.717, 1.165) is 48.8 Å². The molecule has 0 spiro atoms. The number of aromatic nitrogens is 1. The van der Waals surface area contributed by atoms with Gasteiger partial charge in [0.1, 0.15) is 11.5 Å². The van der Waals surface area contributed by atoms with Crippen molar-refractivity contribution in [1.82, 2.24) is 9.88 Å². The topological polar surface area (TPSA) is 54.5 Å². The molecule has 0 radical (unpaired) electrons. The van der Waals surface area contributed by atoms with Crippen LogP contribution in [0.25, 0.3) is 0 Å². The lowest BCUT2D eigenvalue weighted by molar-refractivity contribution is 0.0755. The Morgan fingerprint density at radius 3 is 2.21 bits per heavy atom. The number of hydrogen-bond acceptors (Lipinski definition) is 4. The summed E-state index contributed by atoms with van der Waals surface area (Å²) in [6.45, 7) is 5.68. The molecular weight excluding hydrogens is 362 g/mol. The lowest BCUT2D eigenvalue weighted by Crippen LogP contribution is -2.32. The molecule has 1 aromatic heterocycles. The van der Waals surface area contributed by atoms with Gasteiger partial charge in [0.25, 0.3) is 5.91 Å². The predicted octanol–water partition coefficient (Wildman–Crippen LogP) is 5.88. The SMILES string of the molecule is CCCN(CCC)C(=O)c1cncc(Nc2ccc(Oc3ccccc3)cc2)c1. The number of nitrogens with zero attached hydrogens (tertiary/aromatic N) is 2. The van der Waals surface area contributed by atoms with Gasteiger partial charge in [-0.15, -0.1) is 0 Å². The van der Waals surface area contributed by atoms with Crippen molar-refractivity contribution in [2.45, 2.75) is 26.7 Å². The van der Waals surface area contributed by atoms with Gasteiger partial charge in [0.15, 0.2) is 0 Å². The van der Waals surface area contributed by atoms with E-state index in [9.17, 15) is 4.79 Å². The first-order valence-electron chi connectivity index (χ1n) is 10.0. The van der Waals surface area contributed by atoms with Gasteiger partial charge in [-0.25, -0.2) is 0 Å². The quantitative estimate of drug-likeness (QED) is 0.496. The molecule has 0 bridgehead atoms. The van der Waals surface area contributed by atoms with Crippen LogP contribution in [0.4, 0.5) is 11.4 Å². The number of carbonyl (C=O) groups is 1. The van der Waals surface area contributed by atoms with E-state index in [-0.39, 0.29) is 5.91 Å². The fraction of sp³-hybridized carbons (Fsp3) is 0.250. The second-order valence-corrected chi connectivity index (χ2v) is 6.82. The van der Waals surface area contributed by atoms with Crippen LogP contribution in [0.5, 0.6) is 11.5 Å². The number of carbonyl (C=O) groups excluding carboxylic acids is 1. The summed E-state index contributed by atoms with van der Waals surface area (Å²) in [5, 5.41) is 3.30. The Labute approximate surface area is 172 Å². The van der Waals surface area contributed by atoms with Crippen LogP contribution in [0.15, 0.2) is 73.1 Å². The Bertz CT molecular complexity index is 905. The van der Waals surface area contributed by atoms with E-state index < -0.39 is 0 Å². The molecule has 0 unspecified atom stereocenters. The van der Waals surface area contributed by atoms with Gasteiger partial charge >= 0.3 is 0 Å². The predicted molar refractivity (Wildman–Crippen MR) is 117 cm³/mol.